The Morgan fingerprint density at radius 2 is 1.73 bits per heavy atom. The van der Waals surface area contributed by atoms with Crippen molar-refractivity contribution in [1.29, 1.82) is 0 Å². The van der Waals surface area contributed by atoms with Crippen LogP contribution in [0.1, 0.15) is 82.6 Å². The first-order chi connectivity index (χ1) is 26.2. The monoisotopic (exact) mass is 804 g/mol. The van der Waals surface area contributed by atoms with Gasteiger partial charge in [0.2, 0.25) is 11.8 Å². The molecule has 0 radical (unpaired) electrons. The molecule has 0 saturated carbocycles. The van der Waals surface area contributed by atoms with Crippen LogP contribution in [-0.2, 0) is 40.4 Å². The number of nitrogens with one attached hydrogen (secondary N) is 1. The molecule has 6 atom stereocenters. The molecule has 3 saturated heterocycles. The number of carbonyl (C=O) groups is 4. The maximum absolute atomic E-state index is 14.0. The third kappa shape index (κ3) is 12.1. The van der Waals surface area contributed by atoms with Crippen LogP contribution >= 0.6 is 0 Å². The summed E-state index contributed by atoms with van der Waals surface area (Å²) in [6.07, 6.45) is 6.52. The Morgan fingerprint density at radius 3 is 2.45 bits per heavy atom. The lowest BCUT2D eigenvalue weighted by molar-refractivity contribution is -0.147. The van der Waals surface area contributed by atoms with Gasteiger partial charge in [0.15, 0.2) is 11.1 Å². The zero-order valence-corrected chi connectivity index (χ0v) is 33.5. The van der Waals surface area contributed by atoms with Crippen LogP contribution in [0.15, 0.2) is 36.4 Å². The smallest absolute Gasteiger partial charge is 0.334 e. The highest BCUT2D eigenvalue weighted by Gasteiger charge is 2.40. The van der Waals surface area contributed by atoms with Crippen LogP contribution in [0.5, 0.6) is 5.75 Å². The van der Waals surface area contributed by atoms with Crippen LogP contribution in [0, 0.1) is 12.8 Å². The molecule has 2 aromatic rings. The van der Waals surface area contributed by atoms with Gasteiger partial charge < -0.3 is 24.4 Å². The van der Waals surface area contributed by atoms with Gasteiger partial charge in [-0.1, -0.05) is 24.3 Å². The van der Waals surface area contributed by atoms with Gasteiger partial charge >= 0.3 is 5.97 Å². The SMILES string of the molecule is Cc1cccc2cc(OC(=O)[C@@H]3CCCN3C(=O)[C@H](CCS(=O)(=O)O)NC(=O)[C@@H]3CCCN3CCCC(=O)[C@@H](CC[C@@H]3CCCN3C)CCS(=O)O)ccc12. The summed E-state index contributed by atoms with van der Waals surface area (Å²) in [6.45, 7) is 4.28. The molecule has 0 spiro atoms. The molecule has 304 valence electrons. The summed E-state index contributed by atoms with van der Waals surface area (Å²) in [5.74, 6) is -2.36. The molecule has 3 fully saturated rings. The lowest BCUT2D eigenvalue weighted by Crippen LogP contribution is -2.55. The van der Waals surface area contributed by atoms with Gasteiger partial charge in [-0.05, 0) is 133 Å². The first-order valence-electron chi connectivity index (χ1n) is 19.5. The predicted octanol–water partition coefficient (Wildman–Crippen LogP) is 3.72. The third-order valence-electron chi connectivity index (χ3n) is 11.5. The fourth-order valence-electron chi connectivity index (χ4n) is 8.44. The van der Waals surface area contributed by atoms with E-state index in [-0.39, 0.29) is 36.8 Å². The molecule has 0 bridgehead atoms. The molecular formula is C39H56N4O10S2. The van der Waals surface area contributed by atoms with Gasteiger partial charge in [-0.3, -0.25) is 23.8 Å². The quantitative estimate of drug-likeness (QED) is 0.0809. The van der Waals surface area contributed by atoms with E-state index in [1.807, 2.05) is 36.1 Å². The van der Waals surface area contributed by atoms with Gasteiger partial charge in [-0.25, -0.2) is 9.00 Å². The summed E-state index contributed by atoms with van der Waals surface area (Å²) in [7, 11) is -2.39. The number of benzene rings is 2. The van der Waals surface area contributed by atoms with Crippen molar-refractivity contribution in [2.75, 3.05) is 44.7 Å². The van der Waals surface area contributed by atoms with Crippen molar-refractivity contribution in [3.05, 3.63) is 42.0 Å². The average Bonchev–Trinajstić information content (AvgIpc) is 3.91. The van der Waals surface area contributed by atoms with Crippen LogP contribution in [0.4, 0.5) is 0 Å². The van der Waals surface area contributed by atoms with Crippen LogP contribution in [0.3, 0.4) is 0 Å². The Labute approximate surface area is 326 Å². The van der Waals surface area contributed by atoms with Gasteiger partial charge in [0.1, 0.15) is 23.6 Å². The van der Waals surface area contributed by atoms with Gasteiger partial charge in [-0.15, -0.1) is 0 Å². The van der Waals surface area contributed by atoms with Crippen LogP contribution in [0.25, 0.3) is 10.8 Å². The Hall–Kier alpha value is -3.28. The average molecular weight is 805 g/mol. The number of Topliss-reactive ketones (excluding diaryl/α,β-unsaturated/α-hetero) is 1. The highest BCUT2D eigenvalue weighted by molar-refractivity contribution is 7.85. The van der Waals surface area contributed by atoms with Crippen LogP contribution < -0.4 is 10.1 Å². The van der Waals surface area contributed by atoms with Crippen molar-refractivity contribution in [2.24, 2.45) is 5.92 Å². The number of rotatable bonds is 19. The Balaban J connectivity index is 1.19. The normalized spacial score (nSPS) is 22.5. The molecular weight excluding hydrogens is 749 g/mol. The molecule has 1 unspecified atom stereocenters. The lowest BCUT2D eigenvalue weighted by Gasteiger charge is -2.30. The number of hydrogen-bond donors (Lipinski definition) is 3. The number of ketones is 1. The molecule has 0 aliphatic carbocycles. The van der Waals surface area contributed by atoms with Gasteiger partial charge in [0.25, 0.3) is 10.1 Å². The van der Waals surface area contributed by atoms with Crippen molar-refractivity contribution in [2.45, 2.75) is 108 Å². The number of aryl methyl sites for hydroxylation is 1. The number of amides is 2. The molecule has 3 aliphatic rings. The minimum absolute atomic E-state index is 0.0479. The van der Waals surface area contributed by atoms with Gasteiger partial charge in [0, 0.05) is 24.9 Å². The summed E-state index contributed by atoms with van der Waals surface area (Å²) in [5.41, 5.74) is 1.08. The predicted molar refractivity (Wildman–Crippen MR) is 209 cm³/mol. The maximum atomic E-state index is 14.0. The Bertz CT molecular complexity index is 1820. The molecule has 3 N–H and O–H groups in total. The van der Waals surface area contributed by atoms with Crippen LogP contribution in [0.2, 0.25) is 0 Å². The van der Waals surface area contributed by atoms with Crippen molar-refractivity contribution < 1.29 is 45.6 Å². The van der Waals surface area contributed by atoms with Gasteiger partial charge in [0.05, 0.1) is 17.5 Å². The van der Waals surface area contributed by atoms with E-state index in [1.54, 1.807) is 12.1 Å². The van der Waals surface area contributed by atoms with Crippen molar-refractivity contribution in [1.82, 2.24) is 20.0 Å². The van der Waals surface area contributed by atoms with E-state index in [9.17, 15) is 40.9 Å². The molecule has 14 nitrogen and oxygen atoms in total. The van der Waals surface area contributed by atoms with E-state index in [2.05, 4.69) is 17.3 Å². The lowest BCUT2D eigenvalue weighted by atomic mass is 9.90. The fourth-order valence-corrected chi connectivity index (χ4v) is 9.46. The minimum Gasteiger partial charge on any atom is -0.425 e. The highest BCUT2D eigenvalue weighted by Crippen LogP contribution is 2.28. The second-order valence-corrected chi connectivity index (χ2v) is 18.0. The zero-order chi connectivity index (χ0) is 39.7. The first kappa shape index (κ1) is 42.9. The fraction of sp³-hybridized carbons (Fsp3) is 0.641. The van der Waals surface area contributed by atoms with E-state index < -0.39 is 62.9 Å². The summed E-state index contributed by atoms with van der Waals surface area (Å²) in [6, 6.07) is 8.69. The van der Waals surface area contributed by atoms with E-state index in [4.69, 9.17) is 4.74 Å². The summed E-state index contributed by atoms with van der Waals surface area (Å²) < 4.78 is 59.6. The topological polar surface area (TPSA) is 191 Å². The van der Waals surface area contributed by atoms with Crippen molar-refractivity contribution in [3.63, 3.8) is 0 Å². The Morgan fingerprint density at radius 1 is 0.982 bits per heavy atom. The highest BCUT2D eigenvalue weighted by atomic mass is 32.2. The molecule has 2 amide bonds. The number of fused-ring (bicyclic) bond motifs is 1. The van der Waals surface area contributed by atoms with E-state index in [0.29, 0.717) is 69.8 Å². The van der Waals surface area contributed by atoms with Crippen molar-refractivity contribution >= 4 is 55.5 Å². The molecule has 3 heterocycles. The number of nitrogens with zero attached hydrogens (tertiary/aromatic N) is 3. The van der Waals surface area contributed by atoms with Gasteiger partial charge in [-0.2, -0.15) is 8.42 Å². The summed E-state index contributed by atoms with van der Waals surface area (Å²) in [4.78, 5) is 60.1. The molecule has 2 aromatic carbocycles. The summed E-state index contributed by atoms with van der Waals surface area (Å²) >= 11 is -1.98. The second kappa shape index (κ2) is 19.7. The van der Waals surface area contributed by atoms with E-state index in [0.717, 1.165) is 42.1 Å². The number of esters is 1. The zero-order valence-electron chi connectivity index (χ0n) is 31.9. The maximum Gasteiger partial charge on any atom is 0.334 e. The van der Waals surface area contributed by atoms with Crippen molar-refractivity contribution in [3.8, 4) is 5.75 Å². The molecule has 0 aromatic heterocycles. The molecule has 5 rings (SSSR count). The van der Waals surface area contributed by atoms with Crippen LogP contribution in [-0.4, -0.2) is 129 Å². The third-order valence-corrected chi connectivity index (χ3v) is 12.9. The second-order valence-electron chi connectivity index (χ2n) is 15.3. The minimum atomic E-state index is -4.47. The standard InChI is InChI=1S/C39H56N4O10S2/c1-27-8-3-9-29-26-31(16-17-32(27)29)53-39(47)35-12-6-23-43(35)38(46)33(19-25-55(50,51)52)40-37(45)34-11-5-21-42(34)22-7-13-36(44)28(18-24-54(48)49)14-15-30-10-4-20-41(30)2/h3,8-9,16-17,26,28,30,33-35H,4-7,10-15,18-25H2,1-2H3,(H,40,45)(H,48,49)(H,50,51,52)/t28-,30-,33-,34-,35-/m0/s1. The number of ether oxygens (including phenoxy) is 1. The number of likely N-dealkylation sites (tertiary alicyclic amines) is 3. The number of carbonyl (C=O) groups excluding carboxylic acids is 4. The Kier molecular flexibility index (Phi) is 15.4. The first-order valence-corrected chi connectivity index (χ1v) is 22.4. The molecule has 55 heavy (non-hydrogen) atoms. The molecule has 3 aliphatic heterocycles. The van der Waals surface area contributed by atoms with E-state index >= 15 is 0 Å². The largest absolute Gasteiger partial charge is 0.425 e. The number of hydrogen-bond acceptors (Lipinski definition) is 10. The van der Waals surface area contributed by atoms with E-state index in [1.165, 1.54) is 4.90 Å². The molecule has 16 heteroatoms. The summed E-state index contributed by atoms with van der Waals surface area (Å²) in [5, 5.41) is 4.66.